The van der Waals surface area contributed by atoms with Gasteiger partial charge < -0.3 is 14.7 Å². The molecule has 0 bridgehead atoms. The molecule has 1 atom stereocenters. The summed E-state index contributed by atoms with van der Waals surface area (Å²) in [6.07, 6.45) is 6.30. The van der Waals surface area contributed by atoms with Crippen LogP contribution in [0.5, 0.6) is 0 Å². The summed E-state index contributed by atoms with van der Waals surface area (Å²) in [5.74, 6) is 0.621. The van der Waals surface area contributed by atoms with Crippen molar-refractivity contribution >= 4 is 6.09 Å². The number of rotatable bonds is 4. The number of nitrogens with zero attached hydrogens (tertiary/aromatic N) is 1. The lowest BCUT2D eigenvalue weighted by Gasteiger charge is -2.28. The quantitative estimate of drug-likeness (QED) is 0.854. The van der Waals surface area contributed by atoms with Gasteiger partial charge in [-0.15, -0.1) is 0 Å². The third-order valence-corrected chi connectivity index (χ3v) is 3.52. The van der Waals surface area contributed by atoms with Crippen LogP contribution in [0, 0.1) is 5.92 Å². The van der Waals surface area contributed by atoms with E-state index in [1.165, 1.54) is 37.0 Å². The minimum atomic E-state index is -0.486. The Morgan fingerprint density at radius 2 is 1.89 bits per heavy atom. The predicted molar refractivity (Wildman–Crippen MR) is 76.1 cm³/mol. The van der Waals surface area contributed by atoms with E-state index in [0.717, 1.165) is 6.42 Å². The number of aliphatic hydroxyl groups is 1. The molecule has 112 valence electrons. The summed E-state index contributed by atoms with van der Waals surface area (Å²) in [6.45, 7) is 5.89. The topological polar surface area (TPSA) is 49.8 Å². The van der Waals surface area contributed by atoms with Gasteiger partial charge in [-0.25, -0.2) is 4.79 Å². The molecule has 1 fully saturated rings. The maximum Gasteiger partial charge on any atom is 0.410 e. The monoisotopic (exact) mass is 271 g/mol. The van der Waals surface area contributed by atoms with Crippen molar-refractivity contribution in [3.8, 4) is 0 Å². The fourth-order valence-corrected chi connectivity index (χ4v) is 2.61. The lowest BCUT2D eigenvalue weighted by molar-refractivity contribution is 0.0176. The standard InChI is InChI=1S/C15H29NO3/c1-15(2,3)19-14(18)16(4)11-13(17)10-12-8-6-5-7-9-12/h12-13,17H,5-11H2,1-4H3. The van der Waals surface area contributed by atoms with Gasteiger partial charge in [0.2, 0.25) is 0 Å². The summed E-state index contributed by atoms with van der Waals surface area (Å²) in [5.41, 5.74) is -0.486. The van der Waals surface area contributed by atoms with E-state index in [0.29, 0.717) is 12.5 Å². The Balaban J connectivity index is 2.30. The molecule has 19 heavy (non-hydrogen) atoms. The minimum Gasteiger partial charge on any atom is -0.444 e. The van der Waals surface area contributed by atoms with Crippen LogP contribution < -0.4 is 0 Å². The van der Waals surface area contributed by atoms with Crippen LogP contribution in [0.4, 0.5) is 4.79 Å². The molecule has 1 aliphatic carbocycles. The third kappa shape index (κ3) is 6.81. The fourth-order valence-electron chi connectivity index (χ4n) is 2.61. The molecule has 1 N–H and O–H groups in total. The van der Waals surface area contributed by atoms with Gasteiger partial charge in [-0.2, -0.15) is 0 Å². The molecule has 1 aliphatic rings. The molecule has 4 heteroatoms. The van der Waals surface area contributed by atoms with Crippen LogP contribution in [0.25, 0.3) is 0 Å². The highest BCUT2D eigenvalue weighted by Crippen LogP contribution is 2.27. The minimum absolute atomic E-state index is 0.353. The second-order valence-electron chi connectivity index (χ2n) is 6.75. The third-order valence-electron chi connectivity index (χ3n) is 3.52. The number of amides is 1. The maximum absolute atomic E-state index is 11.8. The zero-order valence-electron chi connectivity index (χ0n) is 12.8. The Labute approximate surface area is 117 Å². The molecule has 0 heterocycles. The highest BCUT2D eigenvalue weighted by atomic mass is 16.6. The van der Waals surface area contributed by atoms with E-state index >= 15 is 0 Å². The smallest absolute Gasteiger partial charge is 0.410 e. The summed E-state index contributed by atoms with van der Waals surface area (Å²) >= 11 is 0. The molecule has 4 nitrogen and oxygen atoms in total. The Bertz CT molecular complexity index is 280. The molecule has 0 saturated heterocycles. The average Bonchev–Trinajstić information content (AvgIpc) is 2.27. The van der Waals surface area contributed by atoms with Gasteiger partial charge in [0, 0.05) is 13.6 Å². The van der Waals surface area contributed by atoms with Gasteiger partial charge in [-0.05, 0) is 33.1 Å². The first-order chi connectivity index (χ1) is 8.78. The van der Waals surface area contributed by atoms with Gasteiger partial charge >= 0.3 is 6.09 Å². The summed E-state index contributed by atoms with van der Waals surface area (Å²) in [5, 5.41) is 10.1. The number of likely N-dealkylation sites (N-methyl/N-ethyl adjacent to an activating group) is 1. The molecule has 0 spiro atoms. The predicted octanol–water partition coefficient (Wildman–Crippen LogP) is 3.18. The largest absolute Gasteiger partial charge is 0.444 e. The van der Waals surface area contributed by atoms with Crippen molar-refractivity contribution in [3.63, 3.8) is 0 Å². The molecular weight excluding hydrogens is 242 g/mol. The van der Waals surface area contributed by atoms with Gasteiger partial charge in [0.25, 0.3) is 0 Å². The molecule has 1 unspecified atom stereocenters. The van der Waals surface area contributed by atoms with Crippen molar-refractivity contribution in [1.29, 1.82) is 0 Å². The lowest BCUT2D eigenvalue weighted by atomic mass is 9.85. The van der Waals surface area contributed by atoms with Crippen LogP contribution in [-0.2, 0) is 4.74 Å². The number of carbonyl (C=O) groups excluding carboxylic acids is 1. The first kappa shape index (κ1) is 16.3. The van der Waals surface area contributed by atoms with E-state index < -0.39 is 11.7 Å². The van der Waals surface area contributed by atoms with E-state index in [2.05, 4.69) is 0 Å². The SMILES string of the molecule is CN(CC(O)CC1CCCCC1)C(=O)OC(C)(C)C. The highest BCUT2D eigenvalue weighted by molar-refractivity contribution is 5.67. The molecular formula is C15H29NO3. The number of hydrogen-bond acceptors (Lipinski definition) is 3. The number of aliphatic hydroxyl groups excluding tert-OH is 1. The molecule has 1 rings (SSSR count). The van der Waals surface area contributed by atoms with Gasteiger partial charge in [-0.3, -0.25) is 0 Å². The molecule has 0 aromatic carbocycles. The fraction of sp³-hybridized carbons (Fsp3) is 0.933. The van der Waals surface area contributed by atoms with Crippen LogP contribution in [0.3, 0.4) is 0 Å². The number of carbonyl (C=O) groups is 1. The molecule has 1 saturated carbocycles. The zero-order valence-corrected chi connectivity index (χ0v) is 12.8. The normalized spacial score (nSPS) is 19.0. The Morgan fingerprint density at radius 1 is 1.32 bits per heavy atom. The van der Waals surface area contributed by atoms with E-state index in [9.17, 15) is 9.90 Å². The molecule has 1 amide bonds. The summed E-state index contributed by atoms with van der Waals surface area (Å²) in [6, 6.07) is 0. The van der Waals surface area contributed by atoms with Gasteiger partial charge in [0.05, 0.1) is 6.10 Å². The Morgan fingerprint density at radius 3 is 2.42 bits per heavy atom. The maximum atomic E-state index is 11.8. The van der Waals surface area contributed by atoms with Crippen molar-refractivity contribution in [2.24, 2.45) is 5.92 Å². The Kier molecular flexibility index (Phi) is 6.11. The van der Waals surface area contributed by atoms with Gasteiger partial charge in [0.1, 0.15) is 5.60 Å². The van der Waals surface area contributed by atoms with Crippen LogP contribution >= 0.6 is 0 Å². The molecule has 0 aliphatic heterocycles. The van der Waals surface area contributed by atoms with Gasteiger partial charge in [-0.1, -0.05) is 32.1 Å². The van der Waals surface area contributed by atoms with Crippen molar-refractivity contribution < 1.29 is 14.6 Å². The van der Waals surface area contributed by atoms with Gasteiger partial charge in [0.15, 0.2) is 0 Å². The first-order valence-corrected chi connectivity index (χ1v) is 7.40. The summed E-state index contributed by atoms with van der Waals surface area (Å²) < 4.78 is 5.27. The second-order valence-corrected chi connectivity index (χ2v) is 6.75. The molecule has 0 radical (unpaired) electrons. The van der Waals surface area contributed by atoms with Crippen LogP contribution in [0.1, 0.15) is 59.3 Å². The lowest BCUT2D eigenvalue weighted by Crippen LogP contribution is -2.39. The van der Waals surface area contributed by atoms with E-state index in [4.69, 9.17) is 4.74 Å². The zero-order chi connectivity index (χ0) is 14.5. The number of ether oxygens (including phenoxy) is 1. The van der Waals surface area contributed by atoms with Crippen LogP contribution in [0.2, 0.25) is 0 Å². The first-order valence-electron chi connectivity index (χ1n) is 7.40. The van der Waals surface area contributed by atoms with Crippen molar-refractivity contribution in [3.05, 3.63) is 0 Å². The highest BCUT2D eigenvalue weighted by Gasteiger charge is 2.23. The van der Waals surface area contributed by atoms with Crippen LogP contribution in [-0.4, -0.2) is 41.4 Å². The Hall–Kier alpha value is -0.770. The average molecular weight is 271 g/mol. The molecule has 0 aromatic heterocycles. The van der Waals surface area contributed by atoms with E-state index in [1.54, 1.807) is 7.05 Å². The van der Waals surface area contributed by atoms with Crippen LogP contribution in [0.15, 0.2) is 0 Å². The van der Waals surface area contributed by atoms with E-state index in [1.807, 2.05) is 20.8 Å². The van der Waals surface area contributed by atoms with E-state index in [-0.39, 0.29) is 6.09 Å². The van der Waals surface area contributed by atoms with Crippen molar-refractivity contribution in [2.45, 2.75) is 71.0 Å². The van der Waals surface area contributed by atoms with Crippen molar-refractivity contribution in [2.75, 3.05) is 13.6 Å². The molecule has 0 aromatic rings. The number of hydrogen-bond donors (Lipinski definition) is 1. The second kappa shape index (κ2) is 7.13. The van der Waals surface area contributed by atoms with Crippen molar-refractivity contribution in [1.82, 2.24) is 4.90 Å². The summed E-state index contributed by atoms with van der Waals surface area (Å²) in [7, 11) is 1.68. The summed E-state index contributed by atoms with van der Waals surface area (Å²) in [4.78, 5) is 13.2.